The molecule has 2 fully saturated rings. The molecule has 174 valence electrons. The van der Waals surface area contributed by atoms with Crippen molar-refractivity contribution in [3.8, 4) is 0 Å². The highest BCUT2D eigenvalue weighted by Gasteiger charge is 2.46. The number of anilines is 1. The number of sulfonamides is 1. The molecule has 3 rings (SSSR count). The van der Waals surface area contributed by atoms with Gasteiger partial charge >= 0.3 is 15.5 Å². The molecule has 0 amide bonds. The van der Waals surface area contributed by atoms with Crippen molar-refractivity contribution in [2.24, 2.45) is 17.0 Å². The third-order valence-corrected chi connectivity index (χ3v) is 7.33. The Labute approximate surface area is 186 Å². The Hall–Kier alpha value is -1.48. The van der Waals surface area contributed by atoms with Crippen LogP contribution in [0.25, 0.3) is 0 Å². The van der Waals surface area contributed by atoms with Gasteiger partial charge in [-0.05, 0) is 49.8 Å². The van der Waals surface area contributed by atoms with E-state index in [0.29, 0.717) is 18.2 Å². The van der Waals surface area contributed by atoms with E-state index in [4.69, 9.17) is 16.4 Å². The molecule has 2 aliphatic carbocycles. The zero-order valence-corrected chi connectivity index (χ0v) is 18.8. The number of benzene rings is 1. The van der Waals surface area contributed by atoms with Gasteiger partial charge in [-0.3, -0.25) is 4.72 Å². The Morgan fingerprint density at radius 3 is 2.29 bits per heavy atom. The molecular formula is C21H28ClF3N2O3S. The third-order valence-electron chi connectivity index (χ3n) is 6.00. The highest BCUT2D eigenvalue weighted by molar-refractivity contribution is 7.93. The van der Waals surface area contributed by atoms with Crippen molar-refractivity contribution in [2.45, 2.75) is 69.7 Å². The molecule has 10 heteroatoms. The van der Waals surface area contributed by atoms with Gasteiger partial charge in [0, 0.05) is 16.5 Å². The van der Waals surface area contributed by atoms with E-state index in [9.17, 15) is 21.6 Å². The maximum Gasteiger partial charge on any atom is 0.516 e. The molecule has 0 aliphatic heterocycles. The molecule has 1 aromatic rings. The standard InChI is InChI=1S/C21H28ClF3N2O3S/c22-17-11-12-19(27-31(28,29)21(23,24)25)18(13-17)20(16-9-5-2-6-10-16)26-30-14-15-7-3-1-4-8-15/h11-13,15-16,27H,1-10,14H2/b26-20+. The second-order valence-electron chi connectivity index (χ2n) is 8.35. The lowest BCUT2D eigenvalue weighted by molar-refractivity contribution is -0.0429. The molecule has 0 spiro atoms. The number of halogens is 4. The summed E-state index contributed by atoms with van der Waals surface area (Å²) in [6.45, 7) is 0.445. The molecule has 1 aromatic carbocycles. The molecule has 0 radical (unpaired) electrons. The molecule has 0 bridgehead atoms. The van der Waals surface area contributed by atoms with Gasteiger partial charge in [-0.15, -0.1) is 0 Å². The quantitative estimate of drug-likeness (QED) is 0.358. The monoisotopic (exact) mass is 480 g/mol. The van der Waals surface area contributed by atoms with Gasteiger partial charge in [0.1, 0.15) is 6.61 Å². The van der Waals surface area contributed by atoms with Crippen molar-refractivity contribution in [2.75, 3.05) is 11.3 Å². The lowest BCUT2D eigenvalue weighted by Gasteiger charge is -2.25. The molecular weight excluding hydrogens is 453 g/mol. The molecule has 2 aliphatic rings. The first kappa shape index (κ1) is 24.2. The van der Waals surface area contributed by atoms with Crippen molar-refractivity contribution in [1.29, 1.82) is 0 Å². The molecule has 2 saturated carbocycles. The Bertz CT molecular complexity index is 878. The van der Waals surface area contributed by atoms with Crippen LogP contribution in [0.4, 0.5) is 18.9 Å². The molecule has 0 aromatic heterocycles. The van der Waals surface area contributed by atoms with Crippen LogP contribution in [0.3, 0.4) is 0 Å². The van der Waals surface area contributed by atoms with E-state index in [1.807, 2.05) is 0 Å². The lowest BCUT2D eigenvalue weighted by Crippen LogP contribution is -2.31. The minimum atomic E-state index is -5.58. The molecule has 0 heterocycles. The summed E-state index contributed by atoms with van der Waals surface area (Å²) in [7, 11) is -5.58. The van der Waals surface area contributed by atoms with Crippen LogP contribution in [0, 0.1) is 11.8 Å². The molecule has 31 heavy (non-hydrogen) atoms. The van der Waals surface area contributed by atoms with E-state index >= 15 is 0 Å². The molecule has 1 N–H and O–H groups in total. The van der Waals surface area contributed by atoms with Gasteiger partial charge < -0.3 is 4.84 Å². The normalized spacial score (nSPS) is 19.9. The maximum atomic E-state index is 13.0. The third kappa shape index (κ3) is 6.51. The van der Waals surface area contributed by atoms with Crippen LogP contribution in [0.2, 0.25) is 5.02 Å². The van der Waals surface area contributed by atoms with Gasteiger partial charge in [0.05, 0.1) is 11.4 Å². The number of nitrogens with one attached hydrogen (secondary N) is 1. The van der Waals surface area contributed by atoms with Crippen molar-refractivity contribution < 1.29 is 26.4 Å². The van der Waals surface area contributed by atoms with Crippen molar-refractivity contribution in [3.05, 3.63) is 28.8 Å². The maximum absolute atomic E-state index is 13.0. The highest BCUT2D eigenvalue weighted by Crippen LogP contribution is 2.34. The number of nitrogens with zero attached hydrogens (tertiary/aromatic N) is 1. The zero-order valence-electron chi connectivity index (χ0n) is 17.3. The molecule has 0 unspecified atom stereocenters. The average molecular weight is 481 g/mol. The summed E-state index contributed by atoms with van der Waals surface area (Å²) in [5.74, 6) is 0.375. The van der Waals surface area contributed by atoms with E-state index in [1.165, 1.54) is 24.6 Å². The van der Waals surface area contributed by atoms with Crippen molar-refractivity contribution >= 4 is 33.0 Å². The van der Waals surface area contributed by atoms with Gasteiger partial charge in [0.15, 0.2) is 0 Å². The van der Waals surface area contributed by atoms with Gasteiger partial charge in [-0.1, -0.05) is 55.3 Å². The van der Waals surface area contributed by atoms with E-state index < -0.39 is 15.5 Å². The van der Waals surface area contributed by atoms with E-state index in [2.05, 4.69) is 5.16 Å². The van der Waals surface area contributed by atoms with Crippen LogP contribution in [-0.2, 0) is 14.9 Å². The number of rotatable bonds is 7. The minimum absolute atomic E-state index is 0.0345. The fraction of sp³-hybridized carbons (Fsp3) is 0.667. The zero-order chi connectivity index (χ0) is 22.5. The summed E-state index contributed by atoms with van der Waals surface area (Å²) in [5, 5.41) is 4.63. The Kier molecular flexibility index (Phi) is 8.13. The molecule has 0 saturated heterocycles. The SMILES string of the molecule is O=S(=O)(Nc1ccc(Cl)cc1/C(=N/OCC1CCCCC1)C1CCCCC1)C(F)(F)F. The van der Waals surface area contributed by atoms with E-state index in [-0.39, 0.29) is 22.2 Å². The summed E-state index contributed by atoms with van der Waals surface area (Å²) in [6, 6.07) is 4.04. The average Bonchev–Trinajstić information content (AvgIpc) is 2.73. The van der Waals surface area contributed by atoms with Gasteiger partial charge in [0.25, 0.3) is 0 Å². The summed E-state index contributed by atoms with van der Waals surface area (Å²) in [4.78, 5) is 5.68. The predicted molar refractivity (Wildman–Crippen MR) is 116 cm³/mol. The van der Waals surface area contributed by atoms with Crippen LogP contribution in [0.5, 0.6) is 0 Å². The van der Waals surface area contributed by atoms with Crippen molar-refractivity contribution in [1.82, 2.24) is 0 Å². The number of hydrogen-bond acceptors (Lipinski definition) is 4. The fourth-order valence-electron chi connectivity index (χ4n) is 4.31. The second-order valence-corrected chi connectivity index (χ2v) is 10.5. The van der Waals surface area contributed by atoms with Crippen LogP contribution >= 0.6 is 11.6 Å². The van der Waals surface area contributed by atoms with Gasteiger partial charge in [-0.25, -0.2) is 0 Å². The van der Waals surface area contributed by atoms with Crippen molar-refractivity contribution in [3.63, 3.8) is 0 Å². The lowest BCUT2D eigenvalue weighted by atomic mass is 9.83. The Balaban J connectivity index is 1.91. The molecule has 5 nitrogen and oxygen atoms in total. The summed E-state index contributed by atoms with van der Waals surface area (Å²) < 4.78 is 64.0. The Morgan fingerprint density at radius 2 is 1.68 bits per heavy atom. The fourth-order valence-corrected chi connectivity index (χ4v) is 5.06. The van der Waals surface area contributed by atoms with Gasteiger partial charge in [-0.2, -0.15) is 21.6 Å². The van der Waals surface area contributed by atoms with Crippen LogP contribution < -0.4 is 4.72 Å². The highest BCUT2D eigenvalue weighted by atomic mass is 35.5. The molecule has 0 atom stereocenters. The minimum Gasteiger partial charge on any atom is -0.395 e. The van der Waals surface area contributed by atoms with Crippen LogP contribution in [0.15, 0.2) is 23.4 Å². The first-order valence-electron chi connectivity index (χ1n) is 10.8. The smallest absolute Gasteiger partial charge is 0.395 e. The van der Waals surface area contributed by atoms with Crippen LogP contribution in [-0.4, -0.2) is 26.2 Å². The second kappa shape index (κ2) is 10.4. The number of alkyl halides is 3. The predicted octanol–water partition coefficient (Wildman–Crippen LogP) is 6.48. The first-order valence-corrected chi connectivity index (χ1v) is 12.6. The van der Waals surface area contributed by atoms with Gasteiger partial charge in [0.2, 0.25) is 0 Å². The summed E-state index contributed by atoms with van der Waals surface area (Å²) >= 11 is 6.12. The first-order chi connectivity index (χ1) is 14.7. The number of hydrogen-bond donors (Lipinski definition) is 1. The van der Waals surface area contributed by atoms with E-state index in [0.717, 1.165) is 57.8 Å². The summed E-state index contributed by atoms with van der Waals surface area (Å²) in [6.07, 6.45) is 10.3. The largest absolute Gasteiger partial charge is 0.516 e. The Morgan fingerprint density at radius 1 is 1.06 bits per heavy atom. The topological polar surface area (TPSA) is 67.8 Å². The number of oxime groups is 1. The summed E-state index contributed by atoms with van der Waals surface area (Å²) in [5.41, 5.74) is -4.94. The van der Waals surface area contributed by atoms with E-state index in [1.54, 1.807) is 4.72 Å². The van der Waals surface area contributed by atoms with Crippen LogP contribution in [0.1, 0.15) is 69.8 Å².